The minimum Gasteiger partial charge on any atom is -0.267 e. The van der Waals surface area contributed by atoms with Crippen molar-refractivity contribution in [1.82, 2.24) is 5.43 Å². The van der Waals surface area contributed by atoms with Gasteiger partial charge in [0.25, 0.3) is 5.91 Å². The van der Waals surface area contributed by atoms with Crippen LogP contribution in [0.1, 0.15) is 35.2 Å². The molecule has 0 unspecified atom stereocenters. The van der Waals surface area contributed by atoms with Crippen LogP contribution in [0.25, 0.3) is 0 Å². The van der Waals surface area contributed by atoms with E-state index in [4.69, 9.17) is 0 Å². The van der Waals surface area contributed by atoms with Crippen LogP contribution in [0.2, 0.25) is 0 Å². The summed E-state index contributed by atoms with van der Waals surface area (Å²) in [7, 11) is 0. The second-order valence-corrected chi connectivity index (χ2v) is 5.69. The predicted octanol–water partition coefficient (Wildman–Crippen LogP) is 3.82. The van der Waals surface area contributed by atoms with Gasteiger partial charge in [0.15, 0.2) is 0 Å². The summed E-state index contributed by atoms with van der Waals surface area (Å²) >= 11 is 0. The zero-order valence-electron chi connectivity index (χ0n) is 12.5. The van der Waals surface area contributed by atoms with Gasteiger partial charge in [-0.1, -0.05) is 48.5 Å². The molecule has 1 atom stereocenters. The summed E-state index contributed by atoms with van der Waals surface area (Å²) in [5.74, 6) is 0.303. The number of amides is 1. The number of nitrogens with one attached hydrogen (secondary N) is 1. The lowest BCUT2D eigenvalue weighted by atomic mass is 9.97. The summed E-state index contributed by atoms with van der Waals surface area (Å²) in [4.78, 5) is 12.0. The Morgan fingerprint density at radius 3 is 2.45 bits per heavy atom. The maximum absolute atomic E-state index is 12.0. The molecule has 1 amide bonds. The minimum atomic E-state index is -0.140. The molecule has 22 heavy (non-hydrogen) atoms. The normalized spacial score (nSPS) is 19.3. The van der Waals surface area contributed by atoms with Crippen LogP contribution >= 0.6 is 0 Å². The Morgan fingerprint density at radius 1 is 1.05 bits per heavy atom. The highest BCUT2D eigenvalue weighted by atomic mass is 16.2. The van der Waals surface area contributed by atoms with Crippen LogP contribution < -0.4 is 5.43 Å². The Labute approximate surface area is 131 Å². The van der Waals surface area contributed by atoms with E-state index in [-0.39, 0.29) is 5.91 Å². The van der Waals surface area contributed by atoms with Gasteiger partial charge in [0.05, 0.1) is 0 Å². The second-order valence-electron chi connectivity index (χ2n) is 5.69. The molecule has 1 fully saturated rings. The van der Waals surface area contributed by atoms with Gasteiger partial charge in [0.1, 0.15) is 0 Å². The first kappa shape index (κ1) is 14.5. The van der Waals surface area contributed by atoms with Gasteiger partial charge >= 0.3 is 0 Å². The van der Waals surface area contributed by atoms with Crippen molar-refractivity contribution in [3.05, 3.63) is 71.8 Å². The standard InChI is InChI=1S/C19H20N2O/c22-19(16-10-5-2-6-11-16)21-20-18-13-7-12-17(18)14-15-8-3-1-4-9-15/h1-6,8-11,17H,7,12-14H2,(H,21,22)/b20-18+/t17-/m1/s1. The van der Waals surface area contributed by atoms with E-state index in [0.717, 1.165) is 31.4 Å². The smallest absolute Gasteiger partial charge is 0.267 e. The zero-order valence-corrected chi connectivity index (χ0v) is 12.5. The number of hydrogen-bond donors (Lipinski definition) is 1. The maximum atomic E-state index is 12.0. The van der Waals surface area contributed by atoms with Crippen LogP contribution in [-0.2, 0) is 6.42 Å². The SMILES string of the molecule is O=C(N/N=C1\CCC[C@@H]1Cc1ccccc1)c1ccccc1. The molecule has 1 N–H and O–H groups in total. The average Bonchev–Trinajstić information content (AvgIpc) is 3.01. The van der Waals surface area contributed by atoms with Crippen molar-refractivity contribution in [3.8, 4) is 0 Å². The molecule has 112 valence electrons. The summed E-state index contributed by atoms with van der Waals surface area (Å²) in [5.41, 5.74) is 5.80. The van der Waals surface area contributed by atoms with E-state index in [1.807, 2.05) is 24.3 Å². The number of nitrogens with zero attached hydrogens (tertiary/aromatic N) is 1. The van der Waals surface area contributed by atoms with Gasteiger partial charge in [0, 0.05) is 17.2 Å². The largest absolute Gasteiger partial charge is 0.271 e. The van der Waals surface area contributed by atoms with Gasteiger partial charge < -0.3 is 0 Å². The monoisotopic (exact) mass is 292 g/mol. The van der Waals surface area contributed by atoms with Crippen molar-refractivity contribution >= 4 is 11.6 Å². The highest BCUT2D eigenvalue weighted by molar-refractivity contribution is 5.96. The molecule has 2 aromatic rings. The Kier molecular flexibility index (Phi) is 4.64. The fraction of sp³-hybridized carbons (Fsp3) is 0.263. The van der Waals surface area contributed by atoms with Gasteiger partial charge in [-0.25, -0.2) is 5.43 Å². The van der Waals surface area contributed by atoms with E-state index in [9.17, 15) is 4.79 Å². The molecule has 1 aliphatic rings. The van der Waals surface area contributed by atoms with Crippen molar-refractivity contribution in [2.45, 2.75) is 25.7 Å². The molecule has 0 radical (unpaired) electrons. The van der Waals surface area contributed by atoms with Gasteiger partial charge in [-0.15, -0.1) is 0 Å². The molecule has 0 bridgehead atoms. The van der Waals surface area contributed by atoms with E-state index in [1.165, 1.54) is 5.56 Å². The van der Waals surface area contributed by atoms with Gasteiger partial charge in [-0.3, -0.25) is 4.79 Å². The topological polar surface area (TPSA) is 41.5 Å². The molecule has 0 saturated heterocycles. The quantitative estimate of drug-likeness (QED) is 0.855. The van der Waals surface area contributed by atoms with Crippen LogP contribution in [0.15, 0.2) is 65.8 Å². The molecule has 1 aliphatic carbocycles. The number of carbonyl (C=O) groups excluding carboxylic acids is 1. The van der Waals surface area contributed by atoms with E-state index in [1.54, 1.807) is 12.1 Å². The predicted molar refractivity (Wildman–Crippen MR) is 88.8 cm³/mol. The lowest BCUT2D eigenvalue weighted by Gasteiger charge is -2.11. The van der Waals surface area contributed by atoms with Crippen molar-refractivity contribution in [2.24, 2.45) is 11.0 Å². The lowest BCUT2D eigenvalue weighted by molar-refractivity contribution is 0.0954. The molecule has 2 aromatic carbocycles. The Balaban J connectivity index is 1.64. The summed E-state index contributed by atoms with van der Waals surface area (Å²) in [6.45, 7) is 0. The summed E-state index contributed by atoms with van der Waals surface area (Å²) in [6, 6.07) is 19.7. The van der Waals surface area contributed by atoms with Gasteiger partial charge in [-0.05, 0) is 43.4 Å². The molecule has 3 rings (SSSR count). The first-order chi connectivity index (χ1) is 10.8. The lowest BCUT2D eigenvalue weighted by Crippen LogP contribution is -2.21. The molecule has 0 aliphatic heterocycles. The summed E-state index contributed by atoms with van der Waals surface area (Å²) in [5, 5.41) is 4.39. The molecule has 3 nitrogen and oxygen atoms in total. The number of benzene rings is 2. The van der Waals surface area contributed by atoms with Crippen molar-refractivity contribution in [3.63, 3.8) is 0 Å². The number of hydrazone groups is 1. The summed E-state index contributed by atoms with van der Waals surface area (Å²) in [6.07, 6.45) is 4.28. The van der Waals surface area contributed by atoms with Crippen LogP contribution in [0.4, 0.5) is 0 Å². The van der Waals surface area contributed by atoms with E-state index in [2.05, 4.69) is 34.8 Å². The third-order valence-corrected chi connectivity index (χ3v) is 4.12. The Morgan fingerprint density at radius 2 is 1.73 bits per heavy atom. The molecule has 0 heterocycles. The fourth-order valence-electron chi connectivity index (χ4n) is 2.94. The first-order valence-electron chi connectivity index (χ1n) is 7.78. The Hall–Kier alpha value is -2.42. The van der Waals surface area contributed by atoms with Crippen molar-refractivity contribution in [1.29, 1.82) is 0 Å². The molecular weight excluding hydrogens is 272 g/mol. The summed E-state index contributed by atoms with van der Waals surface area (Å²) < 4.78 is 0. The number of rotatable bonds is 4. The third-order valence-electron chi connectivity index (χ3n) is 4.12. The van der Waals surface area contributed by atoms with E-state index in [0.29, 0.717) is 11.5 Å². The average molecular weight is 292 g/mol. The zero-order chi connectivity index (χ0) is 15.2. The number of carbonyl (C=O) groups is 1. The van der Waals surface area contributed by atoms with Gasteiger partial charge in [0.2, 0.25) is 0 Å². The molecule has 0 aromatic heterocycles. The maximum Gasteiger partial charge on any atom is 0.271 e. The van der Waals surface area contributed by atoms with Gasteiger partial charge in [-0.2, -0.15) is 5.10 Å². The van der Waals surface area contributed by atoms with E-state index >= 15 is 0 Å². The molecular formula is C19H20N2O. The second kappa shape index (κ2) is 7.03. The fourth-order valence-corrected chi connectivity index (χ4v) is 2.94. The van der Waals surface area contributed by atoms with Crippen LogP contribution in [0, 0.1) is 5.92 Å². The third kappa shape index (κ3) is 3.61. The Bertz CT molecular complexity index is 650. The molecule has 3 heteroatoms. The van der Waals surface area contributed by atoms with Crippen LogP contribution in [0.3, 0.4) is 0 Å². The van der Waals surface area contributed by atoms with Crippen molar-refractivity contribution in [2.75, 3.05) is 0 Å². The number of hydrogen-bond acceptors (Lipinski definition) is 2. The molecule has 1 saturated carbocycles. The van der Waals surface area contributed by atoms with Crippen LogP contribution in [0.5, 0.6) is 0 Å². The molecule has 0 spiro atoms. The highest BCUT2D eigenvalue weighted by Crippen LogP contribution is 2.26. The first-order valence-corrected chi connectivity index (χ1v) is 7.78. The highest BCUT2D eigenvalue weighted by Gasteiger charge is 2.23. The minimum absolute atomic E-state index is 0.140. The van der Waals surface area contributed by atoms with E-state index < -0.39 is 0 Å². The van der Waals surface area contributed by atoms with Crippen LogP contribution in [-0.4, -0.2) is 11.6 Å². The van der Waals surface area contributed by atoms with Crippen molar-refractivity contribution < 1.29 is 4.79 Å².